The maximum absolute atomic E-state index is 9.30. The number of hydrogen-bond donors (Lipinski definition) is 0. The second-order valence-corrected chi connectivity index (χ2v) is 15.3. The van der Waals surface area contributed by atoms with E-state index in [2.05, 4.69) is 41.5 Å². The van der Waals surface area contributed by atoms with Crippen LogP contribution in [0.1, 0.15) is 68.2 Å². The fraction of sp³-hybridized carbons (Fsp3) is 1.00. The molecular weight excluding hydrogens is 319 g/mol. The van der Waals surface area contributed by atoms with Crippen LogP contribution >= 0.6 is 0 Å². The van der Waals surface area contributed by atoms with Gasteiger partial charge in [0.15, 0.2) is 0 Å². The van der Waals surface area contributed by atoms with Crippen LogP contribution in [0.2, 0.25) is 6.86 Å². The zero-order chi connectivity index (χ0) is 14.5. The molecule has 0 aliphatic rings. The molecule has 0 atom stereocenters. The van der Waals surface area contributed by atoms with Crippen molar-refractivity contribution in [3.63, 3.8) is 0 Å². The molecule has 0 radical (unpaired) electrons. The first-order valence-corrected chi connectivity index (χ1v) is 9.35. The summed E-state index contributed by atoms with van der Waals surface area (Å²) in [4.78, 5) is 0. The van der Waals surface area contributed by atoms with Gasteiger partial charge in [0.2, 0.25) is 0 Å². The molecule has 0 bridgehead atoms. The summed E-state index contributed by atoms with van der Waals surface area (Å²) >= 11 is -0.182. The standard InChI is InChI=1S/2C4H9.2C3H7O.Sn/c2*1-4(2)3;2*1-2-3-4;/h2*1-3H3;2*2-3H2,1H3;/q;;2*-1;+2. The van der Waals surface area contributed by atoms with Gasteiger partial charge in [-0.3, -0.25) is 0 Å². The molecule has 0 aliphatic carbocycles. The molecule has 0 aromatic heterocycles. The SMILES string of the molecule is CCC[O-].CCC[O-].C[C](C)(C)[Sn+2][C](C)(C)C. The van der Waals surface area contributed by atoms with Crippen molar-refractivity contribution in [1.82, 2.24) is 0 Å². The van der Waals surface area contributed by atoms with Gasteiger partial charge < -0.3 is 10.2 Å². The van der Waals surface area contributed by atoms with E-state index in [1.807, 2.05) is 13.8 Å². The van der Waals surface area contributed by atoms with E-state index < -0.39 is 0 Å². The molecule has 0 amide bonds. The van der Waals surface area contributed by atoms with Crippen molar-refractivity contribution in [2.75, 3.05) is 13.2 Å². The molecule has 104 valence electrons. The van der Waals surface area contributed by atoms with E-state index in [4.69, 9.17) is 0 Å². The van der Waals surface area contributed by atoms with Crippen LogP contribution < -0.4 is 10.2 Å². The molecule has 0 spiro atoms. The topological polar surface area (TPSA) is 46.1 Å². The molecule has 0 heterocycles. The van der Waals surface area contributed by atoms with Crippen molar-refractivity contribution in [1.29, 1.82) is 0 Å². The summed E-state index contributed by atoms with van der Waals surface area (Å²) in [5.41, 5.74) is 0. The molecule has 0 rings (SSSR count). The van der Waals surface area contributed by atoms with Gasteiger partial charge in [0, 0.05) is 0 Å². The average Bonchev–Trinajstić information content (AvgIpc) is 2.13. The van der Waals surface area contributed by atoms with Crippen molar-refractivity contribution in [2.45, 2.75) is 75.1 Å². The van der Waals surface area contributed by atoms with Gasteiger partial charge in [-0.1, -0.05) is 26.7 Å². The van der Waals surface area contributed by atoms with Crippen molar-refractivity contribution in [3.05, 3.63) is 0 Å². The molecule has 2 nitrogen and oxygen atoms in total. The third kappa shape index (κ3) is 47.6. The van der Waals surface area contributed by atoms with E-state index in [0.717, 1.165) is 12.8 Å². The van der Waals surface area contributed by atoms with E-state index in [0.29, 0.717) is 6.86 Å². The third-order valence-electron chi connectivity index (χ3n) is 1.16. The summed E-state index contributed by atoms with van der Waals surface area (Å²) in [6.07, 6.45) is 1.53. The second kappa shape index (κ2) is 13.2. The summed E-state index contributed by atoms with van der Waals surface area (Å²) in [5.74, 6) is 0. The van der Waals surface area contributed by atoms with E-state index in [1.54, 1.807) is 0 Å². The molecule has 17 heavy (non-hydrogen) atoms. The number of hydrogen-bond acceptors (Lipinski definition) is 2. The van der Waals surface area contributed by atoms with Crippen molar-refractivity contribution < 1.29 is 10.2 Å². The fourth-order valence-electron chi connectivity index (χ4n) is 1.12. The Morgan fingerprint density at radius 2 is 0.882 bits per heavy atom. The summed E-state index contributed by atoms with van der Waals surface area (Å²) in [6.45, 7) is 18.1. The summed E-state index contributed by atoms with van der Waals surface area (Å²) in [5, 5.41) is 18.6. The van der Waals surface area contributed by atoms with Gasteiger partial charge in [-0.05, 0) is 0 Å². The third-order valence-corrected chi connectivity index (χ3v) is 5.44. The zero-order valence-corrected chi connectivity index (χ0v) is 16.0. The second-order valence-electron chi connectivity index (χ2n) is 6.03. The molecular formula is C14H32O2Sn. The molecule has 0 aromatic carbocycles. The maximum atomic E-state index is 9.30. The van der Waals surface area contributed by atoms with Crippen LogP contribution in [0.15, 0.2) is 0 Å². The Morgan fingerprint density at radius 3 is 0.882 bits per heavy atom. The fourth-order valence-corrected chi connectivity index (χ4v) is 7.55. The normalized spacial score (nSPS) is 10.5. The summed E-state index contributed by atoms with van der Waals surface area (Å²) in [7, 11) is 0. The predicted molar refractivity (Wildman–Crippen MR) is 75.5 cm³/mol. The Balaban J connectivity index is -0.000000205. The Kier molecular flexibility index (Phi) is 17.7. The van der Waals surface area contributed by atoms with Gasteiger partial charge >= 0.3 is 69.5 Å². The van der Waals surface area contributed by atoms with Crippen molar-refractivity contribution in [2.24, 2.45) is 0 Å². The van der Waals surface area contributed by atoms with Gasteiger partial charge in [0.25, 0.3) is 0 Å². The van der Waals surface area contributed by atoms with Gasteiger partial charge in [0.1, 0.15) is 0 Å². The summed E-state index contributed by atoms with van der Waals surface area (Å²) < 4.78 is 1.31. The van der Waals surface area contributed by atoms with Crippen LogP contribution in [-0.2, 0) is 0 Å². The zero-order valence-electron chi connectivity index (χ0n) is 13.1. The van der Waals surface area contributed by atoms with Crippen LogP contribution in [0.25, 0.3) is 0 Å². The molecule has 0 N–H and O–H groups in total. The average molecular weight is 351 g/mol. The molecule has 0 saturated heterocycles. The van der Waals surface area contributed by atoms with Crippen LogP contribution in [0.4, 0.5) is 0 Å². The van der Waals surface area contributed by atoms with Gasteiger partial charge in [-0.15, -0.1) is 13.2 Å². The van der Waals surface area contributed by atoms with Crippen LogP contribution in [0, 0.1) is 0 Å². The Hall–Kier alpha value is 0.719. The van der Waals surface area contributed by atoms with E-state index in [9.17, 15) is 10.2 Å². The quantitative estimate of drug-likeness (QED) is 0.718. The predicted octanol–water partition coefficient (Wildman–Crippen LogP) is 2.64. The Morgan fingerprint density at radius 1 is 0.706 bits per heavy atom. The van der Waals surface area contributed by atoms with Crippen LogP contribution in [-0.4, -0.2) is 34.4 Å². The molecule has 0 aromatic rings. The minimum atomic E-state index is -0.182. The van der Waals surface area contributed by atoms with Crippen LogP contribution in [0.5, 0.6) is 0 Å². The Labute approximate surface area is 119 Å². The van der Waals surface area contributed by atoms with Crippen molar-refractivity contribution >= 4 is 21.1 Å². The first kappa shape index (κ1) is 22.9. The first-order valence-electron chi connectivity index (χ1n) is 6.49. The van der Waals surface area contributed by atoms with Gasteiger partial charge in [-0.2, -0.15) is 0 Å². The molecule has 0 saturated carbocycles. The summed E-state index contributed by atoms with van der Waals surface area (Å²) in [6, 6.07) is 0. The van der Waals surface area contributed by atoms with E-state index in [1.165, 1.54) is 0 Å². The first-order chi connectivity index (χ1) is 7.54. The monoisotopic (exact) mass is 352 g/mol. The molecule has 0 fully saturated rings. The van der Waals surface area contributed by atoms with E-state index in [-0.39, 0.29) is 34.4 Å². The van der Waals surface area contributed by atoms with E-state index >= 15 is 0 Å². The van der Waals surface area contributed by atoms with Gasteiger partial charge in [-0.25, -0.2) is 0 Å². The van der Waals surface area contributed by atoms with Crippen LogP contribution in [0.3, 0.4) is 0 Å². The molecule has 3 heteroatoms. The minimum absolute atomic E-state index is 0.0694. The molecule has 0 aliphatic heterocycles. The molecule has 0 unspecified atom stereocenters. The Bertz CT molecular complexity index is 114. The number of rotatable bonds is 2. The van der Waals surface area contributed by atoms with Gasteiger partial charge in [0.05, 0.1) is 0 Å². The van der Waals surface area contributed by atoms with Crippen molar-refractivity contribution in [3.8, 4) is 0 Å².